The quantitative estimate of drug-likeness (QED) is 0.132. The Bertz CT molecular complexity index is 3030. The van der Waals surface area contributed by atoms with Gasteiger partial charge in [-0.15, -0.1) is 0 Å². The molecule has 92 heavy (non-hydrogen) atoms. The number of rotatable bonds is 15. The minimum atomic E-state index is -1.96. The van der Waals surface area contributed by atoms with E-state index in [1.54, 1.807) is 34.6 Å². The number of cyclic esters (lactones) is 1. The number of benzene rings is 3. The van der Waals surface area contributed by atoms with Crippen LogP contribution in [0, 0.1) is 35.5 Å². The summed E-state index contributed by atoms with van der Waals surface area (Å²) in [7, 11) is 7.93. The van der Waals surface area contributed by atoms with Crippen LogP contribution < -0.4 is 15.5 Å². The van der Waals surface area contributed by atoms with Crippen LogP contribution in [-0.4, -0.2) is 210 Å². The van der Waals surface area contributed by atoms with E-state index in [2.05, 4.69) is 51.7 Å². The summed E-state index contributed by atoms with van der Waals surface area (Å²) in [4.78, 5) is 148. The SMILES string of the molecule is CC[C@H](C)[C@@H]1NC(=O)[C@@H]2CCCN2C(=O)[C@H](Cc2cccc(-c3ccc(N4CCN(C)CC4)cc3)c2)N(C)C(=O)[C@H](Cc2ccccc2)NC(=O)[C@H](C(C)C)N(C)C(=O)[C@@H]([C@@H](C)CC)OC(=O)[C@H](C(C)(C)O)N(C)C(=O)[C@H](CC(C)C)CC(=O)[C@H](C(C)C)N(C)C1=O. The van der Waals surface area contributed by atoms with Gasteiger partial charge >= 0.3 is 5.97 Å². The number of carbonyl (C=O) groups is 9. The molecule has 0 unspecified atom stereocenters. The molecule has 0 aliphatic carbocycles. The van der Waals surface area contributed by atoms with Crippen molar-refractivity contribution < 1.29 is 53.0 Å². The highest BCUT2D eigenvalue weighted by Crippen LogP contribution is 2.31. The standard InChI is InChI=1S/C72H107N9O11/c1-18-47(9)59-69(88)77(15)60(45(5)6)58(82)43-53(39-44(3)4)66(85)79(17)63(72(11,12)91)71(90)92-62(48(10)19-2)70(89)78(16)61(46(7)8)65(84)73-55(41-49-25-21-20-22-26-49)67(86)76(14)57(68(87)81-34-24-29-56(81)64(83)74-59)42-50-27-23-28-52(40-50)51-30-32-54(33-31-51)80-37-35-75(13)36-38-80/h20-23,25-28,30-33,40,44-48,53,55-57,59-63,91H,18-19,24,29,34-39,41-43H2,1-17H3,(H,73,84)(H,74,83)/t47-,48-,53+,55-,56-,57-,59-,60-,61-,62+,63+/m0/s1. The molecule has 3 aliphatic rings. The van der Waals surface area contributed by atoms with Crippen LogP contribution in [0.2, 0.25) is 0 Å². The number of esters is 1. The molecule has 3 saturated heterocycles. The number of piperazine rings is 1. The fraction of sp³-hybridized carbons (Fsp3) is 0.625. The van der Waals surface area contributed by atoms with E-state index in [1.807, 2.05) is 89.2 Å². The van der Waals surface area contributed by atoms with Crippen molar-refractivity contribution in [1.82, 2.24) is 40.0 Å². The van der Waals surface area contributed by atoms with Crippen molar-refractivity contribution in [3.63, 3.8) is 0 Å². The predicted octanol–water partition coefficient (Wildman–Crippen LogP) is 6.88. The maximum atomic E-state index is 15.8. The van der Waals surface area contributed by atoms with E-state index >= 15 is 28.8 Å². The molecule has 0 radical (unpaired) electrons. The van der Waals surface area contributed by atoms with E-state index in [1.165, 1.54) is 61.6 Å². The number of fused-ring (bicyclic) bond motifs is 1. The Labute approximate surface area is 547 Å². The molecule has 3 aliphatic heterocycles. The molecule has 3 aromatic rings. The summed E-state index contributed by atoms with van der Waals surface area (Å²) in [5, 5.41) is 17.9. The first-order valence-electron chi connectivity index (χ1n) is 33.4. The Hall–Kier alpha value is -7.19. The van der Waals surface area contributed by atoms with E-state index in [0.717, 1.165) is 53.5 Å². The molecule has 0 aromatic heterocycles. The van der Waals surface area contributed by atoms with E-state index in [-0.39, 0.29) is 44.6 Å². The second kappa shape index (κ2) is 32.6. The number of nitrogens with one attached hydrogen (secondary N) is 2. The van der Waals surface area contributed by atoms with Gasteiger partial charge in [0.2, 0.25) is 35.4 Å². The average Bonchev–Trinajstić information content (AvgIpc) is 1.31. The van der Waals surface area contributed by atoms with Crippen LogP contribution in [-0.2, 0) is 60.7 Å². The van der Waals surface area contributed by atoms with Gasteiger partial charge in [0.05, 0.1) is 11.6 Å². The maximum absolute atomic E-state index is 15.8. The van der Waals surface area contributed by atoms with E-state index in [0.29, 0.717) is 24.8 Å². The van der Waals surface area contributed by atoms with E-state index in [9.17, 15) is 19.5 Å². The molecule has 3 heterocycles. The Morgan fingerprint density at radius 3 is 1.76 bits per heavy atom. The van der Waals surface area contributed by atoms with Crippen LogP contribution in [0.15, 0.2) is 78.9 Å². The minimum Gasteiger partial charge on any atom is -0.450 e. The molecule has 3 fully saturated rings. The van der Waals surface area contributed by atoms with Crippen molar-refractivity contribution in [3.8, 4) is 11.1 Å². The summed E-state index contributed by atoms with van der Waals surface area (Å²) >= 11 is 0. The number of ether oxygens (including phenoxy) is 1. The zero-order chi connectivity index (χ0) is 68.2. The normalized spacial score (nSPS) is 25.8. The van der Waals surface area contributed by atoms with Crippen LogP contribution in [0.1, 0.15) is 133 Å². The molecule has 0 saturated carbocycles. The minimum absolute atomic E-state index is 0.00381. The lowest BCUT2D eigenvalue weighted by Gasteiger charge is -2.39. The molecule has 0 spiro atoms. The number of hydrogen-bond donors (Lipinski definition) is 3. The number of ketones is 1. The van der Waals surface area contributed by atoms with Gasteiger partial charge in [0.1, 0.15) is 30.2 Å². The Morgan fingerprint density at radius 2 is 1.18 bits per heavy atom. The lowest BCUT2D eigenvalue weighted by atomic mass is 9.85. The predicted molar refractivity (Wildman–Crippen MR) is 358 cm³/mol. The van der Waals surface area contributed by atoms with Gasteiger partial charge in [-0.25, -0.2) is 4.79 Å². The van der Waals surface area contributed by atoms with E-state index in [4.69, 9.17) is 4.74 Å². The molecule has 506 valence electrons. The number of carbonyl (C=O) groups excluding carboxylic acids is 9. The molecule has 20 nitrogen and oxygen atoms in total. The second-order valence-electron chi connectivity index (χ2n) is 28.0. The molecule has 3 aromatic carbocycles. The third-order valence-electron chi connectivity index (χ3n) is 19.3. The Balaban J connectivity index is 1.50. The van der Waals surface area contributed by atoms with Crippen molar-refractivity contribution in [2.24, 2.45) is 35.5 Å². The van der Waals surface area contributed by atoms with Crippen LogP contribution in [0.3, 0.4) is 0 Å². The van der Waals surface area contributed by atoms with Gasteiger partial charge in [0.25, 0.3) is 5.91 Å². The monoisotopic (exact) mass is 1270 g/mol. The van der Waals surface area contributed by atoms with E-state index < -0.39 is 137 Å². The smallest absolute Gasteiger partial charge is 0.332 e. The van der Waals surface area contributed by atoms with Gasteiger partial charge in [-0.1, -0.05) is 142 Å². The summed E-state index contributed by atoms with van der Waals surface area (Å²) in [5.41, 5.74) is 2.41. The number of hydrogen-bond acceptors (Lipinski definition) is 13. The van der Waals surface area contributed by atoms with Crippen LogP contribution in [0.25, 0.3) is 11.1 Å². The molecule has 11 atom stereocenters. The van der Waals surface area contributed by atoms with Crippen LogP contribution in [0.5, 0.6) is 0 Å². The van der Waals surface area contributed by atoms with Gasteiger partial charge in [-0.3, -0.25) is 38.4 Å². The molecule has 0 bridgehead atoms. The number of amides is 7. The molecular weight excluding hydrogens is 1170 g/mol. The number of likely N-dealkylation sites (N-methyl/N-ethyl adjacent to an activating group) is 5. The lowest BCUT2D eigenvalue weighted by Crippen LogP contribution is -2.61. The first-order valence-corrected chi connectivity index (χ1v) is 33.4. The van der Waals surface area contributed by atoms with Crippen molar-refractivity contribution in [2.45, 2.75) is 188 Å². The summed E-state index contributed by atoms with van der Waals surface area (Å²) in [5.74, 6) is -9.18. The van der Waals surface area contributed by atoms with Gasteiger partial charge in [-0.2, -0.15) is 0 Å². The Kier molecular flexibility index (Phi) is 26.2. The van der Waals surface area contributed by atoms with Gasteiger partial charge < -0.3 is 54.8 Å². The van der Waals surface area contributed by atoms with Gasteiger partial charge in [0.15, 0.2) is 17.9 Å². The first-order chi connectivity index (χ1) is 43.3. The highest BCUT2D eigenvalue weighted by atomic mass is 16.6. The third-order valence-corrected chi connectivity index (χ3v) is 19.3. The fourth-order valence-corrected chi connectivity index (χ4v) is 13.6. The van der Waals surface area contributed by atoms with Crippen molar-refractivity contribution in [1.29, 1.82) is 0 Å². The molecule has 7 amide bonds. The molecular formula is C72H107N9O11. The van der Waals surface area contributed by atoms with Crippen LogP contribution in [0.4, 0.5) is 5.69 Å². The molecule has 20 heteroatoms. The average molecular weight is 1270 g/mol. The highest BCUT2D eigenvalue weighted by Gasteiger charge is 2.48. The maximum Gasteiger partial charge on any atom is 0.332 e. The van der Waals surface area contributed by atoms with Crippen molar-refractivity contribution >= 4 is 58.8 Å². The highest BCUT2D eigenvalue weighted by molar-refractivity contribution is 5.99. The Morgan fingerprint density at radius 1 is 0.587 bits per heavy atom. The summed E-state index contributed by atoms with van der Waals surface area (Å²) in [6, 6.07) is 16.5. The largest absolute Gasteiger partial charge is 0.450 e. The zero-order valence-corrected chi connectivity index (χ0v) is 57.9. The summed E-state index contributed by atoms with van der Waals surface area (Å²) in [6.45, 7) is 24.7. The number of nitrogens with zero attached hydrogens (tertiary/aromatic N) is 7. The van der Waals surface area contributed by atoms with Crippen molar-refractivity contribution in [2.75, 3.05) is 72.9 Å². The van der Waals surface area contributed by atoms with Crippen molar-refractivity contribution in [3.05, 3.63) is 90.0 Å². The topological polar surface area (TPSA) is 230 Å². The molecule has 3 N–H and O–H groups in total. The third kappa shape index (κ3) is 18.1. The number of anilines is 1. The fourth-order valence-electron chi connectivity index (χ4n) is 13.6. The molecule has 6 rings (SSSR count). The zero-order valence-electron chi connectivity index (χ0n) is 57.9. The number of Topliss-reactive ketones (excluding diaryl/α,β-unsaturated/α-hetero) is 1. The van der Waals surface area contributed by atoms with Gasteiger partial charge in [-0.05, 0) is 105 Å². The first kappa shape index (κ1) is 73.9. The number of aliphatic hydroxyl groups is 1. The summed E-state index contributed by atoms with van der Waals surface area (Å²) < 4.78 is 6.17. The second-order valence-corrected chi connectivity index (χ2v) is 28.0. The van der Waals surface area contributed by atoms with Gasteiger partial charge in [0, 0.05) is 97.7 Å². The summed E-state index contributed by atoms with van der Waals surface area (Å²) in [6.07, 6.45) is -0.212. The van der Waals surface area contributed by atoms with Crippen LogP contribution >= 0.6 is 0 Å². The lowest BCUT2D eigenvalue weighted by molar-refractivity contribution is -0.178.